The molecule has 0 aliphatic carbocycles. The van der Waals surface area contributed by atoms with E-state index in [1.807, 2.05) is 29.6 Å². The first-order valence-corrected chi connectivity index (χ1v) is 8.08. The van der Waals surface area contributed by atoms with Gasteiger partial charge in [-0.15, -0.1) is 6.58 Å². The first-order chi connectivity index (χ1) is 9.19. The number of aromatic amines is 1. The molecule has 2 aromatic rings. The van der Waals surface area contributed by atoms with Gasteiger partial charge < -0.3 is 9.55 Å². The van der Waals surface area contributed by atoms with E-state index in [-0.39, 0.29) is 0 Å². The van der Waals surface area contributed by atoms with Crippen LogP contribution in [0, 0.1) is 4.77 Å². The number of imidazole rings is 1. The Morgan fingerprint density at radius 3 is 3.00 bits per heavy atom. The van der Waals surface area contributed by atoms with Gasteiger partial charge in [0.2, 0.25) is 0 Å². The van der Waals surface area contributed by atoms with E-state index in [0.717, 1.165) is 52.5 Å². The number of aromatic nitrogens is 4. The number of fused-ring (bicyclic) bond motifs is 1. The molecule has 0 radical (unpaired) electrons. The number of nitrogens with zero attached hydrogens (tertiary/aromatic N) is 3. The third-order valence-corrected chi connectivity index (χ3v) is 4.27. The molecule has 0 saturated heterocycles. The van der Waals surface area contributed by atoms with Crippen LogP contribution in [-0.2, 0) is 20.0 Å². The molecule has 2 aromatic heterocycles. The molecule has 0 aliphatic heterocycles. The molecule has 104 valence electrons. The van der Waals surface area contributed by atoms with E-state index in [2.05, 4.69) is 28.2 Å². The summed E-state index contributed by atoms with van der Waals surface area (Å²) < 4.78 is 4.87. The van der Waals surface area contributed by atoms with Crippen molar-refractivity contribution in [1.29, 1.82) is 0 Å². The Bertz CT molecular complexity index is 620. The quantitative estimate of drug-likeness (QED) is 0.484. The average Bonchev–Trinajstić information content (AvgIpc) is 2.85. The number of aryl methyl sites for hydroxylation is 3. The molecule has 0 unspecified atom stereocenters. The molecule has 0 aromatic carbocycles. The van der Waals surface area contributed by atoms with Crippen molar-refractivity contribution in [3.05, 3.63) is 23.1 Å². The first-order valence-electron chi connectivity index (χ1n) is 6.52. The predicted octanol–water partition coefficient (Wildman–Crippen LogP) is 3.30. The SMILES string of the molecule is C=CCSCCn1c(=S)[nH]c2c(CCC)nn(C)c21. The largest absolute Gasteiger partial charge is 0.328 e. The summed E-state index contributed by atoms with van der Waals surface area (Å²) in [5, 5.41) is 4.58. The van der Waals surface area contributed by atoms with Crippen LogP contribution in [0.3, 0.4) is 0 Å². The number of hydrogen-bond donors (Lipinski definition) is 1. The molecule has 0 bridgehead atoms. The zero-order chi connectivity index (χ0) is 13.8. The predicted molar refractivity (Wildman–Crippen MR) is 85.4 cm³/mol. The summed E-state index contributed by atoms with van der Waals surface area (Å²) in [4.78, 5) is 3.31. The van der Waals surface area contributed by atoms with Gasteiger partial charge in [-0.1, -0.05) is 19.4 Å². The second kappa shape index (κ2) is 6.43. The van der Waals surface area contributed by atoms with Crippen LogP contribution in [0.2, 0.25) is 0 Å². The molecule has 6 heteroatoms. The van der Waals surface area contributed by atoms with E-state index in [1.165, 1.54) is 0 Å². The molecule has 0 spiro atoms. The maximum absolute atomic E-state index is 5.42. The summed E-state index contributed by atoms with van der Waals surface area (Å²) in [5.74, 6) is 2.01. The lowest BCUT2D eigenvalue weighted by Gasteiger charge is -2.03. The minimum absolute atomic E-state index is 0.791. The van der Waals surface area contributed by atoms with Gasteiger partial charge in [-0.2, -0.15) is 16.9 Å². The molecule has 2 rings (SSSR count). The van der Waals surface area contributed by atoms with Gasteiger partial charge in [-0.25, -0.2) is 0 Å². The van der Waals surface area contributed by atoms with Gasteiger partial charge in [-0.05, 0) is 18.6 Å². The average molecular weight is 296 g/mol. The summed E-state index contributed by atoms with van der Waals surface area (Å²) in [7, 11) is 1.98. The lowest BCUT2D eigenvalue weighted by molar-refractivity contribution is 0.694. The second-order valence-corrected chi connectivity index (χ2v) is 6.00. The Kier molecular flexibility index (Phi) is 4.87. The second-order valence-electron chi connectivity index (χ2n) is 4.46. The third-order valence-electron chi connectivity index (χ3n) is 3.00. The third kappa shape index (κ3) is 2.95. The lowest BCUT2D eigenvalue weighted by atomic mass is 10.2. The summed E-state index contributed by atoms with van der Waals surface area (Å²) in [6, 6.07) is 0. The molecule has 2 heterocycles. The van der Waals surface area contributed by atoms with E-state index < -0.39 is 0 Å². The van der Waals surface area contributed by atoms with E-state index in [9.17, 15) is 0 Å². The van der Waals surface area contributed by atoms with Crippen molar-refractivity contribution in [3.8, 4) is 0 Å². The highest BCUT2D eigenvalue weighted by Gasteiger charge is 2.14. The van der Waals surface area contributed by atoms with Crippen LogP contribution in [-0.4, -0.2) is 30.8 Å². The molecule has 0 aliphatic rings. The number of thioether (sulfide) groups is 1. The van der Waals surface area contributed by atoms with Crippen LogP contribution in [0.5, 0.6) is 0 Å². The van der Waals surface area contributed by atoms with Gasteiger partial charge >= 0.3 is 0 Å². The number of H-pyrrole nitrogens is 1. The highest BCUT2D eigenvalue weighted by atomic mass is 32.2. The van der Waals surface area contributed by atoms with Crippen LogP contribution in [0.1, 0.15) is 19.0 Å². The summed E-state index contributed by atoms with van der Waals surface area (Å²) in [5.41, 5.74) is 3.32. The Morgan fingerprint density at radius 2 is 2.32 bits per heavy atom. The fourth-order valence-electron chi connectivity index (χ4n) is 2.22. The normalized spacial score (nSPS) is 11.3. The summed E-state index contributed by atoms with van der Waals surface area (Å²) >= 11 is 7.29. The van der Waals surface area contributed by atoms with Crippen molar-refractivity contribution in [3.63, 3.8) is 0 Å². The monoisotopic (exact) mass is 296 g/mol. The van der Waals surface area contributed by atoms with Crippen LogP contribution in [0.15, 0.2) is 12.7 Å². The van der Waals surface area contributed by atoms with Gasteiger partial charge in [-0.3, -0.25) is 4.68 Å². The summed E-state index contributed by atoms with van der Waals surface area (Å²) in [6.07, 6.45) is 4.00. The highest BCUT2D eigenvalue weighted by molar-refractivity contribution is 7.99. The Balaban J connectivity index is 2.30. The molecule has 0 atom stereocenters. The minimum atomic E-state index is 0.791. The van der Waals surface area contributed by atoms with Gasteiger partial charge in [0.25, 0.3) is 0 Å². The molecule has 1 N–H and O–H groups in total. The van der Waals surface area contributed by atoms with Gasteiger partial charge in [0.15, 0.2) is 10.4 Å². The molecule has 0 saturated carbocycles. The number of hydrogen-bond acceptors (Lipinski definition) is 3. The van der Waals surface area contributed by atoms with Crippen LogP contribution < -0.4 is 0 Å². The Labute approximate surface area is 122 Å². The van der Waals surface area contributed by atoms with E-state index in [4.69, 9.17) is 12.2 Å². The number of nitrogens with one attached hydrogen (secondary N) is 1. The smallest absolute Gasteiger partial charge is 0.179 e. The van der Waals surface area contributed by atoms with Crippen molar-refractivity contribution in [2.24, 2.45) is 7.05 Å². The molecule has 4 nitrogen and oxygen atoms in total. The Hall–Kier alpha value is -1.01. The van der Waals surface area contributed by atoms with Crippen molar-refractivity contribution in [2.75, 3.05) is 11.5 Å². The van der Waals surface area contributed by atoms with Crippen molar-refractivity contribution in [1.82, 2.24) is 19.3 Å². The van der Waals surface area contributed by atoms with Crippen LogP contribution in [0.4, 0.5) is 0 Å². The van der Waals surface area contributed by atoms with E-state index in [0.29, 0.717) is 0 Å². The van der Waals surface area contributed by atoms with E-state index in [1.54, 1.807) is 0 Å². The molecular formula is C13H20N4S2. The van der Waals surface area contributed by atoms with Gasteiger partial charge in [0.1, 0.15) is 5.52 Å². The molecule has 0 fully saturated rings. The Morgan fingerprint density at radius 1 is 1.53 bits per heavy atom. The number of rotatable bonds is 7. The fraction of sp³-hybridized carbons (Fsp3) is 0.538. The standard InChI is InChI=1S/C13H20N4S2/c1-4-6-10-11-12(16(3)15-10)17(13(18)14-11)7-9-19-8-5-2/h5H,2,4,6-9H2,1,3H3,(H,14,18). The van der Waals surface area contributed by atoms with Gasteiger partial charge in [0, 0.05) is 25.1 Å². The first kappa shape index (κ1) is 14.4. The van der Waals surface area contributed by atoms with Crippen molar-refractivity contribution in [2.45, 2.75) is 26.3 Å². The molecule has 0 amide bonds. The zero-order valence-electron chi connectivity index (χ0n) is 11.5. The van der Waals surface area contributed by atoms with Crippen LogP contribution >= 0.6 is 24.0 Å². The maximum Gasteiger partial charge on any atom is 0.179 e. The van der Waals surface area contributed by atoms with Crippen LogP contribution in [0.25, 0.3) is 11.2 Å². The zero-order valence-corrected chi connectivity index (χ0v) is 13.1. The highest BCUT2D eigenvalue weighted by Crippen LogP contribution is 2.19. The maximum atomic E-state index is 5.42. The van der Waals surface area contributed by atoms with Gasteiger partial charge in [0.05, 0.1) is 5.69 Å². The fourth-order valence-corrected chi connectivity index (χ4v) is 3.14. The van der Waals surface area contributed by atoms with E-state index >= 15 is 0 Å². The van der Waals surface area contributed by atoms with Crippen molar-refractivity contribution >= 4 is 35.1 Å². The molecular weight excluding hydrogens is 276 g/mol. The topological polar surface area (TPSA) is 38.5 Å². The lowest BCUT2D eigenvalue weighted by Crippen LogP contribution is -2.05. The minimum Gasteiger partial charge on any atom is -0.328 e. The molecule has 19 heavy (non-hydrogen) atoms. The van der Waals surface area contributed by atoms with Crippen molar-refractivity contribution < 1.29 is 0 Å². The summed E-state index contributed by atoms with van der Waals surface area (Å²) in [6.45, 7) is 6.80.